The summed E-state index contributed by atoms with van der Waals surface area (Å²) < 4.78 is 5.98. The highest BCUT2D eigenvalue weighted by molar-refractivity contribution is 5.76. The van der Waals surface area contributed by atoms with Gasteiger partial charge in [-0.2, -0.15) is 0 Å². The molecule has 0 spiro atoms. The monoisotopic (exact) mass is 266 g/mol. The average Bonchev–Trinajstić information content (AvgIpc) is 2.32. The molecule has 0 bridgehead atoms. The van der Waals surface area contributed by atoms with Crippen molar-refractivity contribution in [3.8, 4) is 0 Å². The SMILES string of the molecule is CCC(C)(C)C(=O)OC1(C=C(C)C)CCC(C)CC1. The molecular formula is C17H30O2. The van der Waals surface area contributed by atoms with Crippen molar-refractivity contribution in [2.45, 2.75) is 79.2 Å². The lowest BCUT2D eigenvalue weighted by Gasteiger charge is -2.39. The molecule has 1 aliphatic rings. The van der Waals surface area contributed by atoms with Gasteiger partial charge in [0.25, 0.3) is 0 Å². The average molecular weight is 266 g/mol. The number of esters is 1. The van der Waals surface area contributed by atoms with Gasteiger partial charge in [-0.05, 0) is 71.8 Å². The van der Waals surface area contributed by atoms with Crippen LogP contribution in [0.4, 0.5) is 0 Å². The van der Waals surface area contributed by atoms with Gasteiger partial charge in [0, 0.05) is 0 Å². The number of hydrogen-bond donors (Lipinski definition) is 0. The van der Waals surface area contributed by atoms with E-state index in [1.165, 1.54) is 5.57 Å². The first-order valence-corrected chi connectivity index (χ1v) is 7.60. The molecule has 0 unspecified atom stereocenters. The number of carbonyl (C=O) groups is 1. The predicted octanol–water partition coefficient (Wildman–Crippen LogP) is 4.88. The Kier molecular flexibility index (Phi) is 5.23. The summed E-state index contributed by atoms with van der Waals surface area (Å²) in [7, 11) is 0. The molecule has 110 valence electrons. The summed E-state index contributed by atoms with van der Waals surface area (Å²) in [6, 6.07) is 0. The van der Waals surface area contributed by atoms with E-state index in [4.69, 9.17) is 4.74 Å². The largest absolute Gasteiger partial charge is 0.454 e. The molecule has 0 radical (unpaired) electrons. The van der Waals surface area contributed by atoms with E-state index in [1.807, 2.05) is 20.8 Å². The molecule has 2 heteroatoms. The van der Waals surface area contributed by atoms with Crippen LogP contribution in [-0.2, 0) is 9.53 Å². The number of hydrogen-bond acceptors (Lipinski definition) is 2. The summed E-state index contributed by atoms with van der Waals surface area (Å²) in [6.45, 7) is 12.4. The Morgan fingerprint density at radius 1 is 1.32 bits per heavy atom. The van der Waals surface area contributed by atoms with Crippen LogP contribution >= 0.6 is 0 Å². The van der Waals surface area contributed by atoms with Crippen molar-refractivity contribution in [1.82, 2.24) is 0 Å². The Morgan fingerprint density at radius 3 is 2.26 bits per heavy atom. The molecule has 0 aromatic carbocycles. The molecular weight excluding hydrogens is 236 g/mol. The minimum Gasteiger partial charge on any atom is -0.454 e. The number of ether oxygens (including phenoxy) is 1. The van der Waals surface area contributed by atoms with Gasteiger partial charge in [-0.25, -0.2) is 0 Å². The Balaban J connectivity index is 2.88. The molecule has 0 amide bonds. The third kappa shape index (κ3) is 4.36. The quantitative estimate of drug-likeness (QED) is 0.535. The van der Waals surface area contributed by atoms with Crippen molar-refractivity contribution < 1.29 is 9.53 Å². The first-order chi connectivity index (χ1) is 8.71. The molecule has 2 nitrogen and oxygen atoms in total. The van der Waals surface area contributed by atoms with Gasteiger partial charge in [0.05, 0.1) is 5.41 Å². The topological polar surface area (TPSA) is 26.3 Å². The maximum Gasteiger partial charge on any atom is 0.312 e. The lowest BCUT2D eigenvalue weighted by atomic mass is 9.78. The highest BCUT2D eigenvalue weighted by Gasteiger charge is 2.39. The summed E-state index contributed by atoms with van der Waals surface area (Å²) in [5.74, 6) is 0.693. The molecule has 19 heavy (non-hydrogen) atoms. The summed E-state index contributed by atoms with van der Waals surface area (Å²) in [4.78, 5) is 12.4. The molecule has 0 heterocycles. The minimum absolute atomic E-state index is 0.0537. The van der Waals surface area contributed by atoms with E-state index in [0.717, 1.165) is 38.0 Å². The molecule has 0 saturated heterocycles. The van der Waals surface area contributed by atoms with Gasteiger partial charge in [0.1, 0.15) is 5.60 Å². The molecule has 1 saturated carbocycles. The minimum atomic E-state index is -0.383. The fraction of sp³-hybridized carbons (Fsp3) is 0.824. The smallest absolute Gasteiger partial charge is 0.312 e. The number of allylic oxidation sites excluding steroid dienone is 1. The summed E-state index contributed by atoms with van der Waals surface area (Å²) in [5, 5.41) is 0. The Bertz CT molecular complexity index is 340. The van der Waals surface area contributed by atoms with Gasteiger partial charge >= 0.3 is 5.97 Å². The van der Waals surface area contributed by atoms with Crippen LogP contribution in [0.5, 0.6) is 0 Å². The molecule has 0 aromatic heterocycles. The van der Waals surface area contributed by atoms with Crippen LogP contribution in [0.1, 0.15) is 73.6 Å². The normalized spacial score (nSPS) is 27.8. The van der Waals surface area contributed by atoms with Gasteiger partial charge in [-0.15, -0.1) is 0 Å². The van der Waals surface area contributed by atoms with Crippen LogP contribution in [0.15, 0.2) is 11.6 Å². The van der Waals surface area contributed by atoms with Crippen molar-refractivity contribution >= 4 is 5.97 Å². The van der Waals surface area contributed by atoms with Crippen LogP contribution in [-0.4, -0.2) is 11.6 Å². The van der Waals surface area contributed by atoms with Crippen LogP contribution < -0.4 is 0 Å². The number of carbonyl (C=O) groups excluding carboxylic acids is 1. The maximum absolute atomic E-state index is 12.4. The van der Waals surface area contributed by atoms with Gasteiger partial charge in [0.15, 0.2) is 0 Å². The van der Waals surface area contributed by atoms with Crippen molar-refractivity contribution in [2.24, 2.45) is 11.3 Å². The Morgan fingerprint density at radius 2 is 1.84 bits per heavy atom. The van der Waals surface area contributed by atoms with Crippen LogP contribution in [0.25, 0.3) is 0 Å². The summed E-state index contributed by atoms with van der Waals surface area (Å²) in [5.41, 5.74) is 0.497. The van der Waals surface area contributed by atoms with E-state index in [1.54, 1.807) is 0 Å². The molecule has 0 atom stereocenters. The fourth-order valence-electron chi connectivity index (χ4n) is 2.52. The molecule has 0 N–H and O–H groups in total. The summed E-state index contributed by atoms with van der Waals surface area (Å²) >= 11 is 0. The van der Waals surface area contributed by atoms with Crippen LogP contribution in [0.2, 0.25) is 0 Å². The van der Waals surface area contributed by atoms with Crippen molar-refractivity contribution in [3.63, 3.8) is 0 Å². The highest BCUT2D eigenvalue weighted by atomic mass is 16.6. The van der Waals surface area contributed by atoms with Gasteiger partial charge < -0.3 is 4.74 Å². The Hall–Kier alpha value is -0.790. The van der Waals surface area contributed by atoms with Crippen molar-refractivity contribution in [1.29, 1.82) is 0 Å². The van der Waals surface area contributed by atoms with Crippen LogP contribution in [0, 0.1) is 11.3 Å². The van der Waals surface area contributed by atoms with Crippen LogP contribution in [0.3, 0.4) is 0 Å². The van der Waals surface area contributed by atoms with Crippen molar-refractivity contribution in [2.75, 3.05) is 0 Å². The second kappa shape index (κ2) is 6.11. The summed E-state index contributed by atoms with van der Waals surface area (Å²) in [6.07, 6.45) is 7.19. The molecule has 1 fully saturated rings. The lowest BCUT2D eigenvalue weighted by Crippen LogP contribution is -2.41. The first-order valence-electron chi connectivity index (χ1n) is 7.60. The first kappa shape index (κ1) is 16.3. The second-order valence-electron chi connectivity index (χ2n) is 7.10. The molecule has 0 aliphatic heterocycles. The van der Waals surface area contributed by atoms with Gasteiger partial charge in [0.2, 0.25) is 0 Å². The molecule has 1 rings (SSSR count). The fourth-order valence-corrected chi connectivity index (χ4v) is 2.52. The van der Waals surface area contributed by atoms with Gasteiger partial charge in [-0.1, -0.05) is 19.4 Å². The Labute approximate surface area is 118 Å². The van der Waals surface area contributed by atoms with E-state index in [0.29, 0.717) is 0 Å². The zero-order valence-corrected chi connectivity index (χ0v) is 13.5. The van der Waals surface area contributed by atoms with E-state index in [9.17, 15) is 4.79 Å². The third-order valence-corrected chi connectivity index (χ3v) is 4.40. The van der Waals surface area contributed by atoms with E-state index >= 15 is 0 Å². The molecule has 1 aliphatic carbocycles. The standard InChI is InChI=1S/C17H30O2/c1-7-16(5,6)15(18)19-17(12-13(2)3)10-8-14(4)9-11-17/h12,14H,7-11H2,1-6H3. The number of rotatable bonds is 4. The van der Waals surface area contributed by atoms with E-state index in [-0.39, 0.29) is 17.0 Å². The highest BCUT2D eigenvalue weighted by Crippen LogP contribution is 2.38. The predicted molar refractivity (Wildman–Crippen MR) is 80.0 cm³/mol. The lowest BCUT2D eigenvalue weighted by molar-refractivity contribution is -0.169. The third-order valence-electron chi connectivity index (χ3n) is 4.40. The van der Waals surface area contributed by atoms with E-state index in [2.05, 4.69) is 26.8 Å². The molecule has 0 aromatic rings. The maximum atomic E-state index is 12.4. The second-order valence-corrected chi connectivity index (χ2v) is 7.10. The van der Waals surface area contributed by atoms with E-state index < -0.39 is 0 Å². The zero-order valence-electron chi connectivity index (χ0n) is 13.5. The van der Waals surface area contributed by atoms with Crippen molar-refractivity contribution in [3.05, 3.63) is 11.6 Å². The zero-order chi connectivity index (χ0) is 14.7. The van der Waals surface area contributed by atoms with Gasteiger partial charge in [-0.3, -0.25) is 4.79 Å².